The molecule has 0 N–H and O–H groups in total. The molecule has 62 heavy (non-hydrogen) atoms. The van der Waals surface area contributed by atoms with Gasteiger partial charge in [-0.2, -0.15) is 0 Å². The second-order valence-corrected chi connectivity index (χ2v) is 19.0. The average molecular weight is 800 g/mol. The standard InChI is InChI=1S/C61H53N/c1-36(2)41-21-23-44(24-22-41)62(45-25-27-47-42(32-45)31-43-33-55(53-29-37(3)17-19-39(53)5)48-13-9-11-15-50(48)59(43)47)46-26-28-52-57(34-46)61(7,8)58-35-56(54-30-38(4)18-20-40(54)6)49-14-10-12-16-51(49)60(52)58/h9-30,32-36H,31H2,1-8H3. The molecule has 302 valence electrons. The fraction of sp³-hybridized carbons (Fsp3) is 0.180. The molecule has 0 bridgehead atoms. The summed E-state index contributed by atoms with van der Waals surface area (Å²) in [5, 5.41) is 5.29. The Morgan fingerprint density at radius 2 is 0.952 bits per heavy atom. The Morgan fingerprint density at radius 1 is 0.419 bits per heavy atom. The summed E-state index contributed by atoms with van der Waals surface area (Å²) >= 11 is 0. The van der Waals surface area contributed by atoms with Crippen molar-refractivity contribution in [1.29, 1.82) is 0 Å². The summed E-state index contributed by atoms with van der Waals surface area (Å²) in [6.45, 7) is 18.3. The van der Waals surface area contributed by atoms with Crippen molar-refractivity contribution in [2.45, 2.75) is 73.1 Å². The van der Waals surface area contributed by atoms with E-state index in [-0.39, 0.29) is 5.41 Å². The molecule has 0 saturated carbocycles. The topological polar surface area (TPSA) is 3.24 Å². The van der Waals surface area contributed by atoms with Crippen molar-refractivity contribution in [3.05, 3.63) is 208 Å². The van der Waals surface area contributed by atoms with E-state index in [1.54, 1.807) is 0 Å². The summed E-state index contributed by atoms with van der Waals surface area (Å²) in [6, 6.07) is 60.5. The minimum Gasteiger partial charge on any atom is -0.310 e. The molecule has 1 heteroatoms. The van der Waals surface area contributed by atoms with Crippen LogP contribution in [0.2, 0.25) is 0 Å². The van der Waals surface area contributed by atoms with Crippen molar-refractivity contribution >= 4 is 38.6 Å². The predicted octanol–water partition coefficient (Wildman–Crippen LogP) is 17.0. The van der Waals surface area contributed by atoms with Gasteiger partial charge >= 0.3 is 0 Å². The van der Waals surface area contributed by atoms with E-state index in [4.69, 9.17) is 0 Å². The molecule has 9 aromatic carbocycles. The summed E-state index contributed by atoms with van der Waals surface area (Å²) in [4.78, 5) is 2.49. The molecular formula is C61H53N. The van der Waals surface area contributed by atoms with Gasteiger partial charge in [0.05, 0.1) is 0 Å². The van der Waals surface area contributed by atoms with Crippen LogP contribution in [0, 0.1) is 27.7 Å². The molecule has 11 rings (SSSR count). The summed E-state index contributed by atoms with van der Waals surface area (Å²) in [6.07, 6.45) is 0.906. The van der Waals surface area contributed by atoms with E-state index < -0.39 is 0 Å². The molecule has 9 aromatic rings. The zero-order chi connectivity index (χ0) is 42.6. The Balaban J connectivity index is 1.06. The van der Waals surface area contributed by atoms with Crippen LogP contribution in [0.4, 0.5) is 17.1 Å². The van der Waals surface area contributed by atoms with E-state index in [2.05, 4.69) is 218 Å². The maximum Gasteiger partial charge on any atom is 0.0465 e. The Hall–Kier alpha value is -6.70. The fourth-order valence-electron chi connectivity index (χ4n) is 10.9. The Kier molecular flexibility index (Phi) is 8.75. The zero-order valence-corrected chi connectivity index (χ0v) is 37.2. The first-order valence-corrected chi connectivity index (χ1v) is 22.4. The van der Waals surface area contributed by atoms with E-state index in [0.717, 1.165) is 6.42 Å². The molecule has 0 heterocycles. The van der Waals surface area contributed by atoms with Crippen molar-refractivity contribution < 1.29 is 0 Å². The van der Waals surface area contributed by atoms with Crippen LogP contribution in [0.5, 0.6) is 0 Å². The zero-order valence-electron chi connectivity index (χ0n) is 37.2. The van der Waals surface area contributed by atoms with Gasteiger partial charge in [-0.25, -0.2) is 0 Å². The first kappa shape index (κ1) is 38.2. The Morgan fingerprint density at radius 3 is 1.56 bits per heavy atom. The minimum absolute atomic E-state index is 0.210. The smallest absolute Gasteiger partial charge is 0.0465 e. The summed E-state index contributed by atoms with van der Waals surface area (Å²) in [7, 11) is 0. The van der Waals surface area contributed by atoms with E-state index in [1.807, 2.05) is 0 Å². The highest BCUT2D eigenvalue weighted by molar-refractivity contribution is 6.10. The lowest BCUT2D eigenvalue weighted by Crippen LogP contribution is -2.17. The van der Waals surface area contributed by atoms with Crippen LogP contribution in [0.25, 0.3) is 66.1 Å². The molecule has 1 nitrogen and oxygen atoms in total. The molecule has 2 aliphatic rings. The van der Waals surface area contributed by atoms with Gasteiger partial charge in [-0.1, -0.05) is 148 Å². The van der Waals surface area contributed by atoms with Gasteiger partial charge in [0.25, 0.3) is 0 Å². The van der Waals surface area contributed by atoms with Gasteiger partial charge in [-0.3, -0.25) is 0 Å². The second kappa shape index (κ2) is 14.2. The van der Waals surface area contributed by atoms with Crippen LogP contribution in [0.15, 0.2) is 158 Å². The van der Waals surface area contributed by atoms with Crippen LogP contribution >= 0.6 is 0 Å². The molecular weight excluding hydrogens is 747 g/mol. The molecule has 2 aliphatic carbocycles. The van der Waals surface area contributed by atoms with Crippen LogP contribution in [-0.4, -0.2) is 0 Å². The van der Waals surface area contributed by atoms with Crippen molar-refractivity contribution in [2.75, 3.05) is 4.90 Å². The molecule has 0 aromatic heterocycles. The second-order valence-electron chi connectivity index (χ2n) is 19.0. The average Bonchev–Trinajstić information content (AvgIpc) is 3.76. The van der Waals surface area contributed by atoms with Gasteiger partial charge in [-0.15, -0.1) is 0 Å². The molecule has 0 saturated heterocycles. The quantitative estimate of drug-likeness (QED) is 0.162. The maximum atomic E-state index is 2.51. The van der Waals surface area contributed by atoms with E-state index in [9.17, 15) is 0 Å². The monoisotopic (exact) mass is 799 g/mol. The van der Waals surface area contributed by atoms with Crippen LogP contribution in [-0.2, 0) is 11.8 Å². The molecule has 0 aliphatic heterocycles. The summed E-state index contributed by atoms with van der Waals surface area (Å²) < 4.78 is 0. The predicted molar refractivity (Wildman–Crippen MR) is 266 cm³/mol. The minimum atomic E-state index is -0.210. The normalized spacial score (nSPS) is 13.4. The van der Waals surface area contributed by atoms with Gasteiger partial charge in [-0.05, 0) is 194 Å². The third kappa shape index (κ3) is 5.89. The van der Waals surface area contributed by atoms with Crippen LogP contribution in [0.1, 0.15) is 83.7 Å². The van der Waals surface area contributed by atoms with Crippen molar-refractivity contribution in [3.8, 4) is 44.5 Å². The van der Waals surface area contributed by atoms with Crippen molar-refractivity contribution in [2.24, 2.45) is 0 Å². The van der Waals surface area contributed by atoms with Crippen LogP contribution in [0.3, 0.4) is 0 Å². The number of rotatable bonds is 6. The Labute approximate surface area is 367 Å². The first-order chi connectivity index (χ1) is 30.0. The molecule has 0 fully saturated rings. The third-order valence-corrected chi connectivity index (χ3v) is 14.2. The largest absolute Gasteiger partial charge is 0.310 e. The van der Waals surface area contributed by atoms with Gasteiger partial charge in [0.2, 0.25) is 0 Å². The number of aryl methyl sites for hydroxylation is 4. The highest BCUT2D eigenvalue weighted by Crippen LogP contribution is 2.55. The van der Waals surface area contributed by atoms with Gasteiger partial charge in [0.15, 0.2) is 0 Å². The highest BCUT2D eigenvalue weighted by atomic mass is 15.1. The third-order valence-electron chi connectivity index (χ3n) is 14.2. The Bertz CT molecular complexity index is 3300. The first-order valence-electron chi connectivity index (χ1n) is 22.4. The SMILES string of the molecule is Cc1ccc(C)c(-c2cc3c(c4ccccc24)-c2ccc(N(c4ccc(C(C)C)cc4)c4ccc5c(c4)C(C)(C)c4cc(-c6cc(C)ccc6C)c6ccccc6c4-5)cc2C3)c1. The number of anilines is 3. The van der Waals surface area contributed by atoms with Crippen LogP contribution < -0.4 is 4.90 Å². The van der Waals surface area contributed by atoms with E-state index in [1.165, 1.54) is 133 Å². The number of nitrogens with zero attached hydrogens (tertiary/aromatic N) is 1. The number of hydrogen-bond donors (Lipinski definition) is 0. The lowest BCUT2D eigenvalue weighted by Gasteiger charge is -2.29. The van der Waals surface area contributed by atoms with Gasteiger partial charge < -0.3 is 4.90 Å². The number of hydrogen-bond acceptors (Lipinski definition) is 1. The fourth-order valence-corrected chi connectivity index (χ4v) is 10.9. The lowest BCUT2D eigenvalue weighted by atomic mass is 9.80. The molecule has 0 spiro atoms. The molecule has 0 atom stereocenters. The molecule has 0 radical (unpaired) electrons. The number of fused-ring (bicyclic) bond motifs is 10. The van der Waals surface area contributed by atoms with Gasteiger partial charge in [0.1, 0.15) is 0 Å². The number of benzene rings is 9. The van der Waals surface area contributed by atoms with Crippen molar-refractivity contribution in [3.63, 3.8) is 0 Å². The highest BCUT2D eigenvalue weighted by Gasteiger charge is 2.38. The maximum absolute atomic E-state index is 2.51. The summed E-state index contributed by atoms with van der Waals surface area (Å²) in [5.74, 6) is 0.460. The van der Waals surface area contributed by atoms with Gasteiger partial charge in [0, 0.05) is 22.5 Å². The van der Waals surface area contributed by atoms with E-state index in [0.29, 0.717) is 5.92 Å². The lowest BCUT2D eigenvalue weighted by molar-refractivity contribution is 0.661. The molecule has 0 unspecified atom stereocenters. The molecule has 0 amide bonds. The van der Waals surface area contributed by atoms with E-state index >= 15 is 0 Å². The summed E-state index contributed by atoms with van der Waals surface area (Å²) in [5.41, 5.74) is 26.2. The van der Waals surface area contributed by atoms with Crippen molar-refractivity contribution in [1.82, 2.24) is 0 Å².